The van der Waals surface area contributed by atoms with Gasteiger partial charge >= 0.3 is 0 Å². The lowest BCUT2D eigenvalue weighted by Gasteiger charge is -2.41. The summed E-state index contributed by atoms with van der Waals surface area (Å²) in [5, 5.41) is 10.3. The third kappa shape index (κ3) is 3.06. The normalized spacial score (nSPS) is 32.2. The fourth-order valence-corrected chi connectivity index (χ4v) is 5.93. The van der Waals surface area contributed by atoms with Crippen LogP contribution in [-0.2, 0) is 15.4 Å². The lowest BCUT2D eigenvalue weighted by atomic mass is 9.87. The van der Waals surface area contributed by atoms with Crippen LogP contribution >= 0.6 is 0 Å². The Labute approximate surface area is 139 Å². The molecule has 0 aliphatic carbocycles. The van der Waals surface area contributed by atoms with Gasteiger partial charge in [-0.25, -0.2) is 8.42 Å². The van der Waals surface area contributed by atoms with Crippen molar-refractivity contribution < 1.29 is 13.5 Å². The first-order chi connectivity index (χ1) is 10.5. The summed E-state index contributed by atoms with van der Waals surface area (Å²) < 4.78 is 27.8. The molecule has 1 aromatic carbocycles. The Bertz CT molecular complexity index is 670. The molecule has 2 bridgehead atoms. The lowest BCUT2D eigenvalue weighted by Crippen LogP contribution is -2.51. The molecule has 0 aromatic heterocycles. The molecular formula is C18H27NO3S. The summed E-state index contributed by atoms with van der Waals surface area (Å²) in [6.07, 6.45) is 2.76. The molecule has 4 nitrogen and oxygen atoms in total. The second-order valence-corrected chi connectivity index (χ2v) is 10.2. The van der Waals surface area contributed by atoms with Gasteiger partial charge in [-0.15, -0.1) is 0 Å². The lowest BCUT2D eigenvalue weighted by molar-refractivity contribution is -0.0131. The maximum atomic E-state index is 13.1. The quantitative estimate of drug-likeness (QED) is 0.902. The van der Waals surface area contributed by atoms with E-state index in [9.17, 15) is 13.5 Å². The summed E-state index contributed by atoms with van der Waals surface area (Å²) in [7, 11) is -3.49. The van der Waals surface area contributed by atoms with Gasteiger partial charge in [0.05, 0.1) is 10.5 Å². The highest BCUT2D eigenvalue weighted by Gasteiger charge is 2.50. The number of sulfonamides is 1. The fourth-order valence-electron chi connectivity index (χ4n) is 4.06. The van der Waals surface area contributed by atoms with E-state index in [1.54, 1.807) is 16.4 Å². The molecule has 5 heteroatoms. The number of benzene rings is 1. The Morgan fingerprint density at radius 1 is 1.09 bits per heavy atom. The number of nitrogens with zero attached hydrogens (tertiary/aromatic N) is 1. The van der Waals surface area contributed by atoms with Gasteiger partial charge in [-0.1, -0.05) is 32.9 Å². The minimum Gasteiger partial charge on any atom is -0.390 e. The number of hydrogen-bond donors (Lipinski definition) is 1. The smallest absolute Gasteiger partial charge is 0.243 e. The van der Waals surface area contributed by atoms with Crippen molar-refractivity contribution in [3.05, 3.63) is 29.8 Å². The Morgan fingerprint density at radius 3 is 2.00 bits per heavy atom. The monoisotopic (exact) mass is 337 g/mol. The van der Waals surface area contributed by atoms with E-state index >= 15 is 0 Å². The second kappa shape index (κ2) is 5.30. The van der Waals surface area contributed by atoms with Crippen LogP contribution in [0.25, 0.3) is 0 Å². The Kier molecular flexibility index (Phi) is 3.90. The zero-order valence-electron chi connectivity index (χ0n) is 14.4. The minimum atomic E-state index is -3.49. The molecule has 2 aliphatic heterocycles. The predicted molar refractivity (Wildman–Crippen MR) is 90.8 cm³/mol. The van der Waals surface area contributed by atoms with Crippen molar-refractivity contribution in [2.45, 2.75) is 81.4 Å². The predicted octanol–water partition coefficient (Wildman–Crippen LogP) is 3.05. The van der Waals surface area contributed by atoms with Crippen LogP contribution in [0.2, 0.25) is 0 Å². The van der Waals surface area contributed by atoms with E-state index in [4.69, 9.17) is 0 Å². The second-order valence-electron chi connectivity index (χ2n) is 8.40. The largest absolute Gasteiger partial charge is 0.390 e. The first kappa shape index (κ1) is 16.9. The van der Waals surface area contributed by atoms with E-state index in [0.29, 0.717) is 17.7 Å². The zero-order valence-corrected chi connectivity index (χ0v) is 15.2. The van der Waals surface area contributed by atoms with Gasteiger partial charge in [0.25, 0.3) is 0 Å². The van der Waals surface area contributed by atoms with E-state index in [1.807, 2.05) is 19.1 Å². The molecule has 2 aliphatic rings. The standard InChI is InChI=1S/C18H27NO3S/c1-17(2,3)13-5-9-16(10-6-13)23(21,22)19-14-7-8-15(19)12-18(4,20)11-14/h5-6,9-10,14-15,20H,7-8,11-12H2,1-4H3. The van der Waals surface area contributed by atoms with Crippen LogP contribution in [0.5, 0.6) is 0 Å². The average molecular weight is 337 g/mol. The van der Waals surface area contributed by atoms with Crippen LogP contribution in [0.4, 0.5) is 0 Å². The molecule has 0 amide bonds. The number of aliphatic hydroxyl groups is 1. The van der Waals surface area contributed by atoms with Gasteiger partial charge in [-0.2, -0.15) is 4.31 Å². The van der Waals surface area contributed by atoms with Crippen molar-refractivity contribution in [2.75, 3.05) is 0 Å². The van der Waals surface area contributed by atoms with E-state index in [2.05, 4.69) is 20.8 Å². The molecule has 2 atom stereocenters. The van der Waals surface area contributed by atoms with Crippen molar-refractivity contribution >= 4 is 10.0 Å². The summed E-state index contributed by atoms with van der Waals surface area (Å²) in [6, 6.07) is 7.13. The molecule has 2 fully saturated rings. The Hall–Kier alpha value is -0.910. The number of rotatable bonds is 2. The molecule has 1 N–H and O–H groups in total. The zero-order chi connectivity index (χ0) is 17.0. The van der Waals surface area contributed by atoms with Crippen LogP contribution in [0.1, 0.15) is 58.9 Å². The summed E-state index contributed by atoms with van der Waals surface area (Å²) >= 11 is 0. The van der Waals surface area contributed by atoms with Gasteiger partial charge in [0, 0.05) is 12.1 Å². The van der Waals surface area contributed by atoms with Crippen molar-refractivity contribution in [1.82, 2.24) is 4.31 Å². The first-order valence-corrected chi connectivity index (χ1v) is 9.81. The highest BCUT2D eigenvalue weighted by Crippen LogP contribution is 2.43. The van der Waals surface area contributed by atoms with Crippen LogP contribution in [0, 0.1) is 0 Å². The Balaban J connectivity index is 1.91. The van der Waals surface area contributed by atoms with Gasteiger partial charge in [-0.05, 0) is 55.7 Å². The van der Waals surface area contributed by atoms with Crippen molar-refractivity contribution in [1.29, 1.82) is 0 Å². The highest BCUT2D eigenvalue weighted by atomic mass is 32.2. The molecule has 2 unspecified atom stereocenters. The molecule has 23 heavy (non-hydrogen) atoms. The van der Waals surface area contributed by atoms with Crippen LogP contribution in [0.3, 0.4) is 0 Å². The molecule has 0 radical (unpaired) electrons. The molecule has 2 heterocycles. The highest BCUT2D eigenvalue weighted by molar-refractivity contribution is 7.89. The Morgan fingerprint density at radius 2 is 1.57 bits per heavy atom. The van der Waals surface area contributed by atoms with Gasteiger partial charge in [0.2, 0.25) is 10.0 Å². The maximum absolute atomic E-state index is 13.1. The third-order valence-corrected chi connectivity index (χ3v) is 7.22. The van der Waals surface area contributed by atoms with Crippen molar-refractivity contribution in [3.8, 4) is 0 Å². The van der Waals surface area contributed by atoms with Gasteiger partial charge in [-0.3, -0.25) is 0 Å². The topological polar surface area (TPSA) is 57.6 Å². The minimum absolute atomic E-state index is 0.00510. The number of piperidine rings is 1. The maximum Gasteiger partial charge on any atom is 0.243 e. The molecule has 2 saturated heterocycles. The van der Waals surface area contributed by atoms with E-state index < -0.39 is 15.6 Å². The third-order valence-electron chi connectivity index (χ3n) is 5.20. The molecule has 128 valence electrons. The van der Waals surface area contributed by atoms with Crippen LogP contribution in [-0.4, -0.2) is 35.5 Å². The summed E-state index contributed by atoms with van der Waals surface area (Å²) in [6.45, 7) is 8.16. The fraction of sp³-hybridized carbons (Fsp3) is 0.667. The number of hydrogen-bond acceptors (Lipinski definition) is 3. The van der Waals surface area contributed by atoms with Crippen LogP contribution in [0.15, 0.2) is 29.2 Å². The van der Waals surface area contributed by atoms with Crippen molar-refractivity contribution in [3.63, 3.8) is 0 Å². The van der Waals surface area contributed by atoms with Crippen molar-refractivity contribution in [2.24, 2.45) is 0 Å². The van der Waals surface area contributed by atoms with Gasteiger partial charge < -0.3 is 5.11 Å². The summed E-state index contributed by atoms with van der Waals surface area (Å²) in [5.74, 6) is 0. The average Bonchev–Trinajstić information content (AvgIpc) is 2.72. The summed E-state index contributed by atoms with van der Waals surface area (Å²) in [5.41, 5.74) is 0.389. The first-order valence-electron chi connectivity index (χ1n) is 8.37. The molecule has 0 spiro atoms. The van der Waals surface area contributed by atoms with E-state index in [1.165, 1.54) is 0 Å². The molecular weight excluding hydrogens is 310 g/mol. The molecule has 3 rings (SSSR count). The number of fused-ring (bicyclic) bond motifs is 2. The van der Waals surface area contributed by atoms with E-state index in [0.717, 1.165) is 18.4 Å². The summed E-state index contributed by atoms with van der Waals surface area (Å²) in [4.78, 5) is 0.365. The molecule has 1 aromatic rings. The van der Waals surface area contributed by atoms with Crippen LogP contribution < -0.4 is 0 Å². The SMILES string of the molecule is CC1(O)CC2CCC(C1)N2S(=O)(=O)c1ccc(C(C)(C)C)cc1. The van der Waals surface area contributed by atoms with E-state index in [-0.39, 0.29) is 17.5 Å². The molecule has 0 saturated carbocycles. The van der Waals surface area contributed by atoms with Gasteiger partial charge in [0.1, 0.15) is 0 Å². The van der Waals surface area contributed by atoms with Gasteiger partial charge in [0.15, 0.2) is 0 Å².